The van der Waals surface area contributed by atoms with Gasteiger partial charge in [-0.1, -0.05) is 6.07 Å². The first-order chi connectivity index (χ1) is 5.96. The van der Waals surface area contributed by atoms with Crippen LogP contribution in [0.1, 0.15) is 18.2 Å². The second-order valence-electron chi connectivity index (χ2n) is 2.94. The third kappa shape index (κ3) is 1.66. The van der Waals surface area contributed by atoms with E-state index in [1.807, 2.05) is 0 Å². The Morgan fingerprint density at radius 2 is 2.31 bits per heavy atom. The molecule has 0 spiro atoms. The van der Waals surface area contributed by atoms with Crippen molar-refractivity contribution in [1.82, 2.24) is 4.98 Å². The van der Waals surface area contributed by atoms with Crippen LogP contribution in [0.25, 0.3) is 0 Å². The number of aryl methyl sites for hydroxylation is 1. The van der Waals surface area contributed by atoms with E-state index in [-0.39, 0.29) is 5.56 Å². The summed E-state index contributed by atoms with van der Waals surface area (Å²) < 4.78 is 13.6. The molecule has 0 aromatic carbocycles. The number of aliphatic carboxylic acids is 1. The van der Waals surface area contributed by atoms with E-state index in [0.717, 1.165) is 6.92 Å². The summed E-state index contributed by atoms with van der Waals surface area (Å²) in [6.07, 6.45) is 1.50. The Hall–Kier alpha value is -1.45. The predicted molar refractivity (Wildman–Crippen MR) is 45.1 cm³/mol. The van der Waals surface area contributed by atoms with Crippen LogP contribution in [0.3, 0.4) is 0 Å². The summed E-state index contributed by atoms with van der Waals surface area (Å²) in [5, 5.41) is 8.62. The molecule has 0 aliphatic rings. The standard InChI is InChI=1S/C9H10FNO2/c1-6-7(4-3-5-11-6)9(2,10)8(12)13/h3-5H,1-2H3,(H,12,13). The number of hydrogen-bond acceptors (Lipinski definition) is 2. The molecule has 0 saturated heterocycles. The monoisotopic (exact) mass is 183 g/mol. The van der Waals surface area contributed by atoms with Gasteiger partial charge in [0.15, 0.2) is 0 Å². The van der Waals surface area contributed by atoms with Crippen LogP contribution in [-0.4, -0.2) is 16.1 Å². The maximum atomic E-state index is 13.6. The molecule has 0 aliphatic carbocycles. The molecule has 0 radical (unpaired) electrons. The third-order valence-electron chi connectivity index (χ3n) is 1.91. The molecule has 1 atom stereocenters. The van der Waals surface area contributed by atoms with Gasteiger partial charge in [-0.25, -0.2) is 9.18 Å². The number of nitrogens with zero attached hydrogens (tertiary/aromatic N) is 1. The van der Waals surface area contributed by atoms with Crippen molar-refractivity contribution in [2.45, 2.75) is 19.5 Å². The first-order valence-electron chi connectivity index (χ1n) is 3.80. The van der Waals surface area contributed by atoms with Gasteiger partial charge in [-0.2, -0.15) is 0 Å². The molecule has 13 heavy (non-hydrogen) atoms. The van der Waals surface area contributed by atoms with Crippen LogP contribution in [0.5, 0.6) is 0 Å². The molecule has 1 N–H and O–H groups in total. The maximum absolute atomic E-state index is 13.6. The summed E-state index contributed by atoms with van der Waals surface area (Å²) in [6.45, 7) is 2.59. The minimum absolute atomic E-state index is 0.0995. The fourth-order valence-corrected chi connectivity index (χ4v) is 1.10. The molecule has 1 unspecified atom stereocenters. The molecular weight excluding hydrogens is 173 g/mol. The first kappa shape index (κ1) is 9.64. The van der Waals surface area contributed by atoms with E-state index in [1.54, 1.807) is 6.92 Å². The van der Waals surface area contributed by atoms with Crippen LogP contribution in [-0.2, 0) is 10.5 Å². The Kier molecular flexibility index (Phi) is 2.32. The van der Waals surface area contributed by atoms with Crippen LogP contribution >= 0.6 is 0 Å². The maximum Gasteiger partial charge on any atom is 0.345 e. The molecule has 0 bridgehead atoms. The van der Waals surface area contributed by atoms with E-state index in [0.29, 0.717) is 5.69 Å². The van der Waals surface area contributed by atoms with Gasteiger partial charge in [0.25, 0.3) is 0 Å². The summed E-state index contributed by atoms with van der Waals surface area (Å²) in [5.41, 5.74) is -1.87. The fourth-order valence-electron chi connectivity index (χ4n) is 1.10. The van der Waals surface area contributed by atoms with Crippen molar-refractivity contribution in [3.63, 3.8) is 0 Å². The predicted octanol–water partition coefficient (Wildman–Crippen LogP) is 1.66. The van der Waals surface area contributed by atoms with Gasteiger partial charge in [0.05, 0.1) is 0 Å². The van der Waals surface area contributed by atoms with E-state index >= 15 is 0 Å². The highest BCUT2D eigenvalue weighted by molar-refractivity contribution is 5.79. The van der Waals surface area contributed by atoms with Gasteiger partial charge in [0.1, 0.15) is 0 Å². The lowest BCUT2D eigenvalue weighted by Gasteiger charge is -2.16. The van der Waals surface area contributed by atoms with Crippen LogP contribution in [0.15, 0.2) is 18.3 Å². The van der Waals surface area contributed by atoms with E-state index in [1.165, 1.54) is 18.3 Å². The highest BCUT2D eigenvalue weighted by atomic mass is 19.1. The van der Waals surface area contributed by atoms with Crippen molar-refractivity contribution in [3.05, 3.63) is 29.6 Å². The Balaban J connectivity index is 3.22. The molecule has 1 aromatic rings. The van der Waals surface area contributed by atoms with Gasteiger partial charge in [-0.05, 0) is 19.9 Å². The number of hydrogen-bond donors (Lipinski definition) is 1. The van der Waals surface area contributed by atoms with Crippen molar-refractivity contribution < 1.29 is 14.3 Å². The van der Waals surface area contributed by atoms with Crippen molar-refractivity contribution in [2.24, 2.45) is 0 Å². The van der Waals surface area contributed by atoms with Gasteiger partial charge in [0, 0.05) is 17.5 Å². The largest absolute Gasteiger partial charge is 0.479 e. The molecule has 1 rings (SSSR count). The van der Waals surface area contributed by atoms with Gasteiger partial charge in [0.2, 0.25) is 5.67 Å². The molecule has 4 heteroatoms. The van der Waals surface area contributed by atoms with Gasteiger partial charge in [-0.3, -0.25) is 4.98 Å². The van der Waals surface area contributed by atoms with Gasteiger partial charge < -0.3 is 5.11 Å². The molecule has 1 aromatic heterocycles. The summed E-state index contributed by atoms with van der Waals surface area (Å²) in [7, 11) is 0. The number of alkyl halides is 1. The lowest BCUT2D eigenvalue weighted by atomic mass is 9.97. The smallest absolute Gasteiger partial charge is 0.345 e. The Labute approximate surface area is 75.2 Å². The third-order valence-corrected chi connectivity index (χ3v) is 1.91. The minimum Gasteiger partial charge on any atom is -0.479 e. The Morgan fingerprint density at radius 1 is 1.69 bits per heavy atom. The van der Waals surface area contributed by atoms with E-state index in [2.05, 4.69) is 4.98 Å². The summed E-state index contributed by atoms with van der Waals surface area (Å²) in [6, 6.07) is 2.94. The zero-order valence-electron chi connectivity index (χ0n) is 7.41. The Morgan fingerprint density at radius 3 is 2.77 bits per heavy atom. The number of pyridine rings is 1. The fraction of sp³-hybridized carbons (Fsp3) is 0.333. The Bertz CT molecular complexity index is 336. The van der Waals surface area contributed by atoms with Crippen molar-refractivity contribution in [2.75, 3.05) is 0 Å². The number of rotatable bonds is 2. The average Bonchev–Trinajstić information content (AvgIpc) is 2.04. The molecule has 3 nitrogen and oxygen atoms in total. The normalized spacial score (nSPS) is 15.0. The average molecular weight is 183 g/mol. The van der Waals surface area contributed by atoms with Crippen LogP contribution in [0.4, 0.5) is 4.39 Å². The number of carbonyl (C=O) groups is 1. The summed E-state index contributed by atoms with van der Waals surface area (Å²) in [4.78, 5) is 14.4. The van der Waals surface area contributed by atoms with Crippen LogP contribution < -0.4 is 0 Å². The second kappa shape index (κ2) is 3.12. The van der Waals surface area contributed by atoms with Gasteiger partial charge in [-0.15, -0.1) is 0 Å². The van der Waals surface area contributed by atoms with Crippen LogP contribution in [0, 0.1) is 6.92 Å². The zero-order valence-corrected chi connectivity index (χ0v) is 7.41. The lowest BCUT2D eigenvalue weighted by Crippen LogP contribution is -2.28. The second-order valence-corrected chi connectivity index (χ2v) is 2.94. The molecule has 70 valence electrons. The van der Waals surface area contributed by atoms with Crippen molar-refractivity contribution >= 4 is 5.97 Å². The molecule has 0 saturated carbocycles. The number of carboxylic acids is 1. The van der Waals surface area contributed by atoms with E-state index in [4.69, 9.17) is 5.11 Å². The number of aromatic nitrogens is 1. The SMILES string of the molecule is Cc1ncccc1C(C)(F)C(=O)O. The first-order valence-corrected chi connectivity index (χ1v) is 3.80. The quantitative estimate of drug-likeness (QED) is 0.758. The highest BCUT2D eigenvalue weighted by Crippen LogP contribution is 2.27. The molecular formula is C9H10FNO2. The summed E-state index contributed by atoms with van der Waals surface area (Å²) >= 11 is 0. The lowest BCUT2D eigenvalue weighted by molar-refractivity contribution is -0.150. The topological polar surface area (TPSA) is 50.2 Å². The minimum atomic E-state index is -2.36. The number of carboxylic acid groups (broad SMARTS) is 1. The zero-order chi connectivity index (χ0) is 10.1. The molecule has 1 heterocycles. The molecule has 0 aliphatic heterocycles. The van der Waals surface area contributed by atoms with Gasteiger partial charge >= 0.3 is 5.97 Å². The van der Waals surface area contributed by atoms with E-state index < -0.39 is 11.6 Å². The highest BCUT2D eigenvalue weighted by Gasteiger charge is 2.36. The van der Waals surface area contributed by atoms with Crippen LogP contribution in [0.2, 0.25) is 0 Å². The summed E-state index contributed by atoms with van der Waals surface area (Å²) in [5.74, 6) is -1.50. The van der Waals surface area contributed by atoms with Crippen molar-refractivity contribution in [1.29, 1.82) is 0 Å². The van der Waals surface area contributed by atoms with E-state index in [9.17, 15) is 9.18 Å². The molecule has 0 amide bonds. The molecule has 0 fully saturated rings. The van der Waals surface area contributed by atoms with Crippen molar-refractivity contribution in [3.8, 4) is 0 Å². The number of halogens is 1.